The maximum Gasteiger partial charge on any atom is 0.209 e. The van der Waals surface area contributed by atoms with Crippen LogP contribution >= 0.6 is 0 Å². The Balaban J connectivity index is 1.72. The van der Waals surface area contributed by atoms with Crippen LogP contribution in [0, 0.1) is 0 Å². The molecular formula is C18H19N5O2. The molecule has 1 amide bonds. The number of benzene rings is 1. The normalized spacial score (nSPS) is 14.8. The van der Waals surface area contributed by atoms with Crippen molar-refractivity contribution in [3.05, 3.63) is 42.6 Å². The summed E-state index contributed by atoms with van der Waals surface area (Å²) in [7, 11) is 1.66. The third-order valence-electron chi connectivity index (χ3n) is 4.52. The smallest absolute Gasteiger partial charge is 0.209 e. The fourth-order valence-electron chi connectivity index (χ4n) is 3.13. The molecule has 1 aliphatic rings. The Morgan fingerprint density at radius 1 is 1.08 bits per heavy atom. The van der Waals surface area contributed by atoms with Crippen LogP contribution in [0.3, 0.4) is 0 Å². The minimum Gasteiger partial charge on any atom is -0.496 e. The van der Waals surface area contributed by atoms with Gasteiger partial charge in [0.15, 0.2) is 5.65 Å². The molecule has 3 heterocycles. The quantitative estimate of drug-likeness (QED) is 0.678. The zero-order chi connectivity index (χ0) is 17.2. The highest BCUT2D eigenvalue weighted by atomic mass is 16.5. The maximum absolute atomic E-state index is 10.9. The van der Waals surface area contributed by atoms with E-state index in [1.165, 1.54) is 0 Å². The lowest BCUT2D eigenvalue weighted by molar-refractivity contribution is -0.118. The third kappa shape index (κ3) is 2.77. The first kappa shape index (κ1) is 15.4. The average Bonchev–Trinajstić information content (AvgIpc) is 3.11. The molecule has 0 N–H and O–H groups in total. The second-order valence-electron chi connectivity index (χ2n) is 5.93. The Hall–Kier alpha value is -3.09. The number of hydrogen-bond acceptors (Lipinski definition) is 5. The largest absolute Gasteiger partial charge is 0.496 e. The van der Waals surface area contributed by atoms with Crippen molar-refractivity contribution >= 4 is 17.9 Å². The van der Waals surface area contributed by atoms with Crippen LogP contribution in [0.1, 0.15) is 0 Å². The predicted molar refractivity (Wildman–Crippen MR) is 94.8 cm³/mol. The second-order valence-corrected chi connectivity index (χ2v) is 5.93. The van der Waals surface area contributed by atoms with Gasteiger partial charge in [-0.15, -0.1) is 5.10 Å². The Morgan fingerprint density at radius 2 is 1.88 bits per heavy atom. The van der Waals surface area contributed by atoms with Crippen molar-refractivity contribution in [3.63, 3.8) is 0 Å². The van der Waals surface area contributed by atoms with E-state index in [0.29, 0.717) is 13.1 Å². The van der Waals surface area contributed by atoms with Crippen molar-refractivity contribution in [2.75, 3.05) is 38.2 Å². The fourth-order valence-corrected chi connectivity index (χ4v) is 3.13. The van der Waals surface area contributed by atoms with Crippen LogP contribution in [-0.4, -0.2) is 59.2 Å². The van der Waals surface area contributed by atoms with E-state index >= 15 is 0 Å². The molecule has 1 saturated heterocycles. The number of amides is 1. The van der Waals surface area contributed by atoms with Gasteiger partial charge in [0.05, 0.1) is 19.0 Å². The standard InChI is InChI=1S/C18H19N5O2/c1-25-16-5-3-2-4-14(16)15-12-19-17-6-7-18(20-23(15)17)22-10-8-21(13-24)9-11-22/h2-7,12-13H,8-11H2,1H3. The molecule has 3 aromatic rings. The highest BCUT2D eigenvalue weighted by molar-refractivity contribution is 5.69. The van der Waals surface area contributed by atoms with Crippen molar-refractivity contribution < 1.29 is 9.53 Å². The van der Waals surface area contributed by atoms with E-state index in [1.54, 1.807) is 12.0 Å². The van der Waals surface area contributed by atoms with Crippen molar-refractivity contribution in [1.29, 1.82) is 0 Å². The molecule has 7 nitrogen and oxygen atoms in total. The molecule has 0 spiro atoms. The lowest BCUT2D eigenvalue weighted by Gasteiger charge is -2.33. The summed E-state index contributed by atoms with van der Waals surface area (Å²) < 4.78 is 7.32. The van der Waals surface area contributed by atoms with Gasteiger partial charge in [-0.05, 0) is 24.3 Å². The lowest BCUT2D eigenvalue weighted by Crippen LogP contribution is -2.46. The number of methoxy groups -OCH3 is 1. The number of anilines is 1. The van der Waals surface area contributed by atoms with Gasteiger partial charge in [-0.3, -0.25) is 4.79 Å². The number of carbonyl (C=O) groups is 1. The van der Waals surface area contributed by atoms with Gasteiger partial charge in [-0.1, -0.05) is 12.1 Å². The van der Waals surface area contributed by atoms with E-state index in [-0.39, 0.29) is 0 Å². The average molecular weight is 337 g/mol. The van der Waals surface area contributed by atoms with Gasteiger partial charge in [0, 0.05) is 31.7 Å². The summed E-state index contributed by atoms with van der Waals surface area (Å²) in [5.74, 6) is 1.67. The molecule has 1 fully saturated rings. The minimum absolute atomic E-state index is 0.715. The molecule has 0 radical (unpaired) electrons. The predicted octanol–water partition coefficient (Wildman–Crippen LogP) is 1.68. The van der Waals surface area contributed by atoms with E-state index in [1.807, 2.05) is 47.1 Å². The number of fused-ring (bicyclic) bond motifs is 1. The van der Waals surface area contributed by atoms with E-state index in [0.717, 1.165) is 48.0 Å². The zero-order valence-corrected chi connectivity index (χ0v) is 14.0. The molecule has 4 rings (SSSR count). The number of rotatable bonds is 4. The SMILES string of the molecule is COc1ccccc1-c1cnc2ccc(N3CCN(C=O)CC3)nn12. The Bertz CT molecular complexity index is 899. The monoisotopic (exact) mass is 337 g/mol. The molecule has 0 unspecified atom stereocenters. The highest BCUT2D eigenvalue weighted by Crippen LogP contribution is 2.30. The number of para-hydroxylation sites is 1. The highest BCUT2D eigenvalue weighted by Gasteiger charge is 2.18. The van der Waals surface area contributed by atoms with Crippen molar-refractivity contribution in [2.24, 2.45) is 0 Å². The van der Waals surface area contributed by atoms with Crippen LogP contribution in [0.5, 0.6) is 5.75 Å². The lowest BCUT2D eigenvalue weighted by atomic mass is 10.1. The molecule has 0 atom stereocenters. The summed E-state index contributed by atoms with van der Waals surface area (Å²) in [6, 6.07) is 11.8. The summed E-state index contributed by atoms with van der Waals surface area (Å²) in [4.78, 5) is 19.3. The zero-order valence-electron chi connectivity index (χ0n) is 14.0. The molecule has 0 saturated carbocycles. The van der Waals surface area contributed by atoms with Gasteiger partial charge in [-0.25, -0.2) is 9.50 Å². The molecule has 128 valence electrons. The van der Waals surface area contributed by atoms with Gasteiger partial charge in [0.2, 0.25) is 6.41 Å². The van der Waals surface area contributed by atoms with Crippen molar-refractivity contribution in [2.45, 2.75) is 0 Å². The van der Waals surface area contributed by atoms with Crippen LogP contribution in [0.25, 0.3) is 16.9 Å². The van der Waals surface area contributed by atoms with Crippen LogP contribution < -0.4 is 9.64 Å². The number of imidazole rings is 1. The molecular weight excluding hydrogens is 318 g/mol. The Kier molecular flexibility index (Phi) is 3.97. The van der Waals surface area contributed by atoms with E-state index < -0.39 is 0 Å². The summed E-state index contributed by atoms with van der Waals surface area (Å²) in [5, 5.41) is 4.78. The minimum atomic E-state index is 0.715. The first-order valence-corrected chi connectivity index (χ1v) is 8.22. The van der Waals surface area contributed by atoms with Crippen LogP contribution in [0.2, 0.25) is 0 Å². The topological polar surface area (TPSA) is 63.0 Å². The number of piperazine rings is 1. The van der Waals surface area contributed by atoms with Gasteiger partial charge >= 0.3 is 0 Å². The summed E-state index contributed by atoms with van der Waals surface area (Å²) in [6.45, 7) is 2.98. The van der Waals surface area contributed by atoms with Gasteiger partial charge in [-0.2, -0.15) is 0 Å². The summed E-state index contributed by atoms with van der Waals surface area (Å²) >= 11 is 0. The molecule has 1 aliphatic heterocycles. The molecule has 0 bridgehead atoms. The number of nitrogens with zero attached hydrogens (tertiary/aromatic N) is 5. The second kappa shape index (κ2) is 6.43. The summed E-state index contributed by atoms with van der Waals surface area (Å²) in [5.41, 5.74) is 2.63. The van der Waals surface area contributed by atoms with Gasteiger partial charge < -0.3 is 14.5 Å². The van der Waals surface area contributed by atoms with E-state index in [2.05, 4.69) is 9.88 Å². The van der Waals surface area contributed by atoms with Gasteiger partial charge in [0.1, 0.15) is 11.6 Å². The number of ether oxygens (including phenoxy) is 1. The number of hydrogen-bond donors (Lipinski definition) is 0. The third-order valence-corrected chi connectivity index (χ3v) is 4.52. The molecule has 1 aromatic carbocycles. The molecule has 7 heteroatoms. The molecule has 2 aromatic heterocycles. The Labute approximate surface area is 145 Å². The summed E-state index contributed by atoms with van der Waals surface area (Å²) in [6.07, 6.45) is 2.72. The number of aromatic nitrogens is 3. The van der Waals surface area contributed by atoms with Crippen LogP contribution in [0.4, 0.5) is 5.82 Å². The fraction of sp³-hybridized carbons (Fsp3) is 0.278. The Morgan fingerprint density at radius 3 is 2.64 bits per heavy atom. The first-order chi connectivity index (χ1) is 12.3. The van der Waals surface area contributed by atoms with E-state index in [9.17, 15) is 4.79 Å². The van der Waals surface area contributed by atoms with Gasteiger partial charge in [0.25, 0.3) is 0 Å². The number of carbonyl (C=O) groups excluding carboxylic acids is 1. The van der Waals surface area contributed by atoms with Crippen LogP contribution in [-0.2, 0) is 4.79 Å². The first-order valence-electron chi connectivity index (χ1n) is 8.22. The van der Waals surface area contributed by atoms with Crippen LogP contribution in [0.15, 0.2) is 42.6 Å². The van der Waals surface area contributed by atoms with E-state index in [4.69, 9.17) is 9.84 Å². The molecule has 25 heavy (non-hydrogen) atoms. The van der Waals surface area contributed by atoms with Crippen molar-refractivity contribution in [3.8, 4) is 17.0 Å². The van der Waals surface area contributed by atoms with Crippen molar-refractivity contribution in [1.82, 2.24) is 19.5 Å². The maximum atomic E-state index is 10.9. The molecule has 0 aliphatic carbocycles.